The van der Waals surface area contributed by atoms with Crippen molar-refractivity contribution in [3.63, 3.8) is 0 Å². The lowest BCUT2D eigenvalue weighted by molar-refractivity contribution is -0.118. The van der Waals surface area contributed by atoms with Crippen molar-refractivity contribution >= 4 is 11.4 Å². The molecule has 0 bridgehead atoms. The van der Waals surface area contributed by atoms with E-state index in [1.165, 1.54) is 5.57 Å². The van der Waals surface area contributed by atoms with Crippen LogP contribution < -0.4 is 4.74 Å². The Balaban J connectivity index is 2.13. The molecule has 0 aliphatic heterocycles. The van der Waals surface area contributed by atoms with Gasteiger partial charge in [0, 0.05) is 19.0 Å². The van der Waals surface area contributed by atoms with Crippen LogP contribution >= 0.6 is 0 Å². The maximum Gasteiger partial charge on any atom is 0.138 e. The van der Waals surface area contributed by atoms with Crippen LogP contribution in [0.25, 0.3) is 5.57 Å². The molecular formula is C14H17NO2. The van der Waals surface area contributed by atoms with Gasteiger partial charge in [0.15, 0.2) is 0 Å². The van der Waals surface area contributed by atoms with Gasteiger partial charge in [-0.2, -0.15) is 0 Å². The number of Topliss-reactive ketones (excluding diaryl/α,β-unsaturated/α-hetero) is 1. The van der Waals surface area contributed by atoms with E-state index in [1.807, 2.05) is 18.3 Å². The lowest BCUT2D eigenvalue weighted by Crippen LogP contribution is -2.03. The summed E-state index contributed by atoms with van der Waals surface area (Å²) in [5.74, 6) is 1.13. The van der Waals surface area contributed by atoms with Crippen LogP contribution in [0.4, 0.5) is 0 Å². The van der Waals surface area contributed by atoms with Crippen molar-refractivity contribution in [3.8, 4) is 5.75 Å². The number of hydrogen-bond acceptors (Lipinski definition) is 3. The normalized spacial score (nSPS) is 15.6. The second-order valence-electron chi connectivity index (χ2n) is 4.23. The van der Waals surface area contributed by atoms with E-state index in [9.17, 15) is 4.79 Å². The van der Waals surface area contributed by atoms with E-state index in [1.54, 1.807) is 6.20 Å². The summed E-state index contributed by atoms with van der Waals surface area (Å²) in [6.45, 7) is 2.79. The number of nitrogens with zero attached hydrogens (tertiary/aromatic N) is 1. The molecule has 1 aliphatic rings. The predicted molar refractivity (Wildman–Crippen MR) is 66.9 cm³/mol. The molecule has 1 aromatic rings. The molecule has 1 aliphatic carbocycles. The minimum absolute atomic E-state index is 0.320. The zero-order chi connectivity index (χ0) is 12.1. The van der Waals surface area contributed by atoms with Gasteiger partial charge < -0.3 is 4.74 Å². The molecule has 0 amide bonds. The van der Waals surface area contributed by atoms with Gasteiger partial charge in [-0.1, -0.05) is 13.0 Å². The lowest BCUT2D eigenvalue weighted by Gasteiger charge is -2.13. The van der Waals surface area contributed by atoms with Gasteiger partial charge >= 0.3 is 0 Å². The smallest absolute Gasteiger partial charge is 0.138 e. The minimum atomic E-state index is 0.320. The number of rotatable bonds is 4. The molecule has 0 saturated heterocycles. The van der Waals surface area contributed by atoms with Crippen molar-refractivity contribution in [1.82, 2.24) is 4.98 Å². The number of ether oxygens (including phenoxy) is 1. The number of carbonyl (C=O) groups is 1. The predicted octanol–water partition coefficient (Wildman–Crippen LogP) is 3.01. The fraction of sp³-hybridized carbons (Fsp3) is 0.429. The van der Waals surface area contributed by atoms with Gasteiger partial charge in [0.25, 0.3) is 0 Å². The SMILES string of the molecule is CCCOc1cncc(C2=CCC(=O)CC2)c1. The van der Waals surface area contributed by atoms with Gasteiger partial charge in [-0.15, -0.1) is 0 Å². The summed E-state index contributed by atoms with van der Waals surface area (Å²) in [5, 5.41) is 0. The molecular weight excluding hydrogens is 214 g/mol. The van der Waals surface area contributed by atoms with Gasteiger partial charge in [-0.25, -0.2) is 0 Å². The van der Waals surface area contributed by atoms with E-state index < -0.39 is 0 Å². The van der Waals surface area contributed by atoms with Crippen LogP contribution in [-0.4, -0.2) is 17.4 Å². The molecule has 3 heteroatoms. The summed E-state index contributed by atoms with van der Waals surface area (Å²) in [5.41, 5.74) is 2.28. The Hall–Kier alpha value is -1.64. The van der Waals surface area contributed by atoms with Crippen LogP contribution in [-0.2, 0) is 4.79 Å². The minimum Gasteiger partial charge on any atom is -0.492 e. The first-order valence-electron chi connectivity index (χ1n) is 6.08. The fourth-order valence-electron chi connectivity index (χ4n) is 1.87. The fourth-order valence-corrected chi connectivity index (χ4v) is 1.87. The molecule has 3 nitrogen and oxygen atoms in total. The molecule has 90 valence electrons. The van der Waals surface area contributed by atoms with Gasteiger partial charge in [0.05, 0.1) is 12.8 Å². The molecule has 0 fully saturated rings. The zero-order valence-electron chi connectivity index (χ0n) is 10.1. The second kappa shape index (κ2) is 5.62. The summed E-state index contributed by atoms with van der Waals surface area (Å²) in [4.78, 5) is 15.3. The molecule has 2 rings (SSSR count). The van der Waals surface area contributed by atoms with Crippen molar-refractivity contribution in [1.29, 1.82) is 0 Å². The summed E-state index contributed by atoms with van der Waals surface area (Å²) in [6.07, 6.45) is 8.57. The molecule has 0 N–H and O–H groups in total. The van der Waals surface area contributed by atoms with Gasteiger partial charge in [-0.3, -0.25) is 9.78 Å². The van der Waals surface area contributed by atoms with Crippen molar-refractivity contribution in [2.24, 2.45) is 0 Å². The molecule has 17 heavy (non-hydrogen) atoms. The maximum atomic E-state index is 11.2. The lowest BCUT2D eigenvalue weighted by atomic mass is 9.94. The first-order valence-corrected chi connectivity index (χ1v) is 6.08. The molecule has 1 aromatic heterocycles. The van der Waals surface area contributed by atoms with Gasteiger partial charge in [0.2, 0.25) is 0 Å². The van der Waals surface area contributed by atoms with E-state index >= 15 is 0 Å². The third kappa shape index (κ3) is 3.16. The van der Waals surface area contributed by atoms with Crippen LogP contribution in [0, 0.1) is 0 Å². The first-order chi connectivity index (χ1) is 8.29. The highest BCUT2D eigenvalue weighted by molar-refractivity contribution is 5.86. The summed E-state index contributed by atoms with van der Waals surface area (Å²) >= 11 is 0. The Bertz CT molecular complexity index is 438. The highest BCUT2D eigenvalue weighted by atomic mass is 16.5. The van der Waals surface area contributed by atoms with Crippen LogP contribution in [0.15, 0.2) is 24.5 Å². The van der Waals surface area contributed by atoms with Crippen LogP contribution in [0.1, 0.15) is 38.2 Å². The number of pyridine rings is 1. The second-order valence-corrected chi connectivity index (χ2v) is 4.23. The highest BCUT2D eigenvalue weighted by Crippen LogP contribution is 2.26. The van der Waals surface area contributed by atoms with E-state index in [2.05, 4.69) is 11.9 Å². The Morgan fingerprint density at radius 1 is 1.35 bits per heavy atom. The Labute approximate surface area is 102 Å². The molecule has 0 saturated carbocycles. The Kier molecular flexibility index (Phi) is 3.91. The number of ketones is 1. The maximum absolute atomic E-state index is 11.2. The number of aromatic nitrogens is 1. The zero-order valence-corrected chi connectivity index (χ0v) is 10.1. The molecule has 0 spiro atoms. The van der Waals surface area contributed by atoms with E-state index in [-0.39, 0.29) is 0 Å². The number of carbonyl (C=O) groups excluding carboxylic acids is 1. The molecule has 0 unspecified atom stereocenters. The average Bonchev–Trinajstić information content (AvgIpc) is 2.37. The molecule has 0 radical (unpaired) electrons. The van der Waals surface area contributed by atoms with Crippen molar-refractivity contribution < 1.29 is 9.53 Å². The summed E-state index contributed by atoms with van der Waals surface area (Å²) < 4.78 is 5.55. The van der Waals surface area contributed by atoms with Gasteiger partial charge in [-0.05, 0) is 30.0 Å². The van der Waals surface area contributed by atoms with E-state index in [4.69, 9.17) is 4.74 Å². The quantitative estimate of drug-likeness (QED) is 0.799. The van der Waals surface area contributed by atoms with Crippen molar-refractivity contribution in [2.45, 2.75) is 32.6 Å². The Morgan fingerprint density at radius 2 is 2.24 bits per heavy atom. The van der Waals surface area contributed by atoms with Crippen LogP contribution in [0.5, 0.6) is 5.75 Å². The monoisotopic (exact) mass is 231 g/mol. The molecule has 0 aromatic carbocycles. The topological polar surface area (TPSA) is 39.2 Å². The van der Waals surface area contributed by atoms with Crippen LogP contribution in [0.3, 0.4) is 0 Å². The van der Waals surface area contributed by atoms with Crippen molar-refractivity contribution in [2.75, 3.05) is 6.61 Å². The number of allylic oxidation sites excluding steroid dienone is 2. The largest absolute Gasteiger partial charge is 0.492 e. The third-order valence-electron chi connectivity index (χ3n) is 2.81. The molecule has 0 atom stereocenters. The average molecular weight is 231 g/mol. The first kappa shape index (κ1) is 11.8. The highest BCUT2D eigenvalue weighted by Gasteiger charge is 2.12. The van der Waals surface area contributed by atoms with Crippen molar-refractivity contribution in [3.05, 3.63) is 30.1 Å². The van der Waals surface area contributed by atoms with E-state index in [0.29, 0.717) is 25.2 Å². The number of hydrogen-bond donors (Lipinski definition) is 0. The van der Waals surface area contributed by atoms with Gasteiger partial charge in [0.1, 0.15) is 11.5 Å². The van der Waals surface area contributed by atoms with Crippen LogP contribution in [0.2, 0.25) is 0 Å². The summed E-state index contributed by atoms with van der Waals surface area (Å²) in [6, 6.07) is 2.00. The third-order valence-corrected chi connectivity index (χ3v) is 2.81. The molecule has 1 heterocycles. The standard InChI is InChI=1S/C14H17NO2/c1-2-7-17-14-8-12(9-15-10-14)11-3-5-13(16)6-4-11/h3,8-10H,2,4-7H2,1H3. The van der Waals surface area contributed by atoms with E-state index in [0.717, 1.165) is 24.2 Å². The summed E-state index contributed by atoms with van der Waals surface area (Å²) in [7, 11) is 0. The Morgan fingerprint density at radius 3 is 2.94 bits per heavy atom.